The number of nitrogens with zero attached hydrogens (tertiary/aromatic N) is 4. The molecule has 4 rings (SSSR count). The molecule has 0 spiro atoms. The number of aryl methyl sites for hydroxylation is 2. The highest BCUT2D eigenvalue weighted by molar-refractivity contribution is 5.93. The van der Waals surface area contributed by atoms with Gasteiger partial charge in [0.15, 0.2) is 0 Å². The molecule has 7 nitrogen and oxygen atoms in total. The van der Waals surface area contributed by atoms with E-state index in [1.54, 1.807) is 0 Å². The van der Waals surface area contributed by atoms with Gasteiger partial charge in [0.2, 0.25) is 0 Å². The first-order valence-electron chi connectivity index (χ1n) is 8.80. The van der Waals surface area contributed by atoms with E-state index in [0.717, 1.165) is 41.4 Å². The number of carbonyl (C=O) groups is 1. The van der Waals surface area contributed by atoms with Crippen molar-refractivity contribution in [2.45, 2.75) is 13.8 Å². The van der Waals surface area contributed by atoms with Crippen molar-refractivity contribution in [1.82, 2.24) is 25.3 Å². The van der Waals surface area contributed by atoms with Crippen molar-refractivity contribution in [3.63, 3.8) is 0 Å². The first-order valence-corrected chi connectivity index (χ1v) is 8.80. The van der Waals surface area contributed by atoms with Gasteiger partial charge in [-0.3, -0.25) is 15.0 Å². The number of benzene rings is 1. The molecular formula is C19H22N6O. The lowest BCUT2D eigenvalue weighted by Crippen LogP contribution is -2.49. The monoisotopic (exact) mass is 350 g/mol. The third-order valence-corrected chi connectivity index (χ3v) is 4.85. The molecule has 1 aliphatic heterocycles. The van der Waals surface area contributed by atoms with E-state index in [9.17, 15) is 4.79 Å². The minimum absolute atomic E-state index is 0.0000291. The molecule has 7 heteroatoms. The highest BCUT2D eigenvalue weighted by Crippen LogP contribution is 2.24. The van der Waals surface area contributed by atoms with Crippen molar-refractivity contribution >= 4 is 11.6 Å². The summed E-state index contributed by atoms with van der Waals surface area (Å²) in [6.07, 6.45) is 0. The summed E-state index contributed by atoms with van der Waals surface area (Å²) in [5.74, 6) is -0.0000291. The van der Waals surface area contributed by atoms with E-state index in [1.165, 1.54) is 0 Å². The molecule has 0 radical (unpaired) electrons. The minimum atomic E-state index is -0.0000291. The van der Waals surface area contributed by atoms with Crippen LogP contribution in [0.15, 0.2) is 36.4 Å². The van der Waals surface area contributed by atoms with Gasteiger partial charge in [0.1, 0.15) is 5.69 Å². The Kier molecular flexibility index (Phi) is 4.20. The molecular weight excluding hydrogens is 328 g/mol. The Bertz CT molecular complexity index is 886. The van der Waals surface area contributed by atoms with Gasteiger partial charge in [0.25, 0.3) is 5.91 Å². The Morgan fingerprint density at radius 1 is 1.00 bits per heavy atom. The van der Waals surface area contributed by atoms with E-state index in [2.05, 4.69) is 25.3 Å². The largest absolute Gasteiger partial charge is 0.365 e. The van der Waals surface area contributed by atoms with Crippen LogP contribution >= 0.6 is 0 Å². The number of hydrogen-bond acceptors (Lipinski definition) is 4. The molecule has 1 fully saturated rings. The highest BCUT2D eigenvalue weighted by Gasteiger charge is 2.25. The van der Waals surface area contributed by atoms with E-state index in [-0.39, 0.29) is 5.91 Å². The molecule has 2 N–H and O–H groups in total. The molecule has 1 aliphatic rings. The lowest BCUT2D eigenvalue weighted by atomic mass is 10.1. The van der Waals surface area contributed by atoms with E-state index in [0.29, 0.717) is 18.8 Å². The zero-order chi connectivity index (χ0) is 18.1. The molecule has 0 bridgehead atoms. The molecule has 0 unspecified atom stereocenters. The molecule has 1 amide bonds. The molecule has 134 valence electrons. The quantitative estimate of drug-likeness (QED) is 0.760. The number of anilines is 1. The van der Waals surface area contributed by atoms with Crippen molar-refractivity contribution in [2.75, 3.05) is 31.1 Å². The fraction of sp³-hybridized carbons (Fsp3) is 0.316. The van der Waals surface area contributed by atoms with Crippen LogP contribution in [0.3, 0.4) is 0 Å². The van der Waals surface area contributed by atoms with Crippen LogP contribution in [0.4, 0.5) is 5.69 Å². The maximum atomic E-state index is 12.8. The topological polar surface area (TPSA) is 80.9 Å². The molecule has 0 aliphatic carbocycles. The summed E-state index contributed by atoms with van der Waals surface area (Å²) in [4.78, 5) is 17.0. The summed E-state index contributed by atoms with van der Waals surface area (Å²) in [5.41, 5.74) is 5.56. The first kappa shape index (κ1) is 16.4. The van der Waals surface area contributed by atoms with E-state index < -0.39 is 0 Å². The summed E-state index contributed by atoms with van der Waals surface area (Å²) in [5, 5.41) is 14.5. The second-order valence-electron chi connectivity index (χ2n) is 6.59. The number of H-pyrrole nitrogens is 2. The minimum Gasteiger partial charge on any atom is -0.365 e. The van der Waals surface area contributed by atoms with Gasteiger partial charge in [-0.05, 0) is 19.9 Å². The lowest BCUT2D eigenvalue weighted by Gasteiger charge is -2.35. The van der Waals surface area contributed by atoms with Crippen molar-refractivity contribution in [3.8, 4) is 11.3 Å². The number of aromatic nitrogens is 4. The maximum Gasteiger partial charge on any atom is 0.272 e. The summed E-state index contributed by atoms with van der Waals surface area (Å²) in [6, 6.07) is 11.7. The molecule has 0 saturated carbocycles. The number of piperazine rings is 1. The normalized spacial score (nSPS) is 14.7. The number of carbonyl (C=O) groups excluding carboxylic acids is 1. The number of nitrogens with one attached hydrogen (secondary N) is 2. The zero-order valence-electron chi connectivity index (χ0n) is 15.0. The smallest absolute Gasteiger partial charge is 0.272 e. The van der Waals surface area contributed by atoms with Gasteiger partial charge in [-0.1, -0.05) is 30.3 Å². The van der Waals surface area contributed by atoms with Crippen LogP contribution in [0, 0.1) is 13.8 Å². The number of rotatable bonds is 3. The van der Waals surface area contributed by atoms with Crippen LogP contribution in [0.2, 0.25) is 0 Å². The maximum absolute atomic E-state index is 12.8. The molecule has 26 heavy (non-hydrogen) atoms. The Hall–Kier alpha value is -3.09. The van der Waals surface area contributed by atoms with Crippen LogP contribution in [0.25, 0.3) is 11.3 Å². The fourth-order valence-electron chi connectivity index (χ4n) is 3.50. The second kappa shape index (κ2) is 6.67. The SMILES string of the molecule is Cc1n[nH]c(C)c1N1CCN(C(=O)c2cc(-c3ccccc3)n[nH]2)CC1. The van der Waals surface area contributed by atoms with Crippen molar-refractivity contribution < 1.29 is 4.79 Å². The van der Waals surface area contributed by atoms with Gasteiger partial charge in [-0.15, -0.1) is 0 Å². The van der Waals surface area contributed by atoms with Crippen LogP contribution in [-0.4, -0.2) is 57.4 Å². The van der Waals surface area contributed by atoms with Gasteiger partial charge >= 0.3 is 0 Å². The third kappa shape index (κ3) is 2.96. The average molecular weight is 350 g/mol. The van der Waals surface area contributed by atoms with Crippen LogP contribution in [-0.2, 0) is 0 Å². The Labute approximate surface area is 152 Å². The van der Waals surface area contributed by atoms with Gasteiger partial charge in [0.05, 0.1) is 22.8 Å². The van der Waals surface area contributed by atoms with Crippen LogP contribution < -0.4 is 4.90 Å². The highest BCUT2D eigenvalue weighted by atomic mass is 16.2. The van der Waals surface area contributed by atoms with Gasteiger partial charge in [0, 0.05) is 31.7 Å². The number of hydrogen-bond donors (Lipinski definition) is 2. The Morgan fingerprint density at radius 2 is 1.73 bits per heavy atom. The molecule has 0 atom stereocenters. The number of aromatic amines is 2. The Balaban J connectivity index is 1.43. The van der Waals surface area contributed by atoms with Gasteiger partial charge in [-0.2, -0.15) is 10.2 Å². The standard InChI is InChI=1S/C19H22N6O/c1-13-18(14(2)21-20-13)24-8-10-25(11-9-24)19(26)17-12-16(22-23-17)15-6-4-3-5-7-15/h3-7,12H,8-11H2,1-2H3,(H,20,21)(H,22,23). The van der Waals surface area contributed by atoms with Crippen LogP contribution in [0.5, 0.6) is 0 Å². The third-order valence-electron chi connectivity index (χ3n) is 4.85. The van der Waals surface area contributed by atoms with Gasteiger partial charge in [-0.25, -0.2) is 0 Å². The van der Waals surface area contributed by atoms with E-state index >= 15 is 0 Å². The fourth-order valence-corrected chi connectivity index (χ4v) is 3.50. The van der Waals surface area contributed by atoms with E-state index in [4.69, 9.17) is 0 Å². The molecule has 1 saturated heterocycles. The molecule has 2 aromatic heterocycles. The summed E-state index contributed by atoms with van der Waals surface area (Å²) in [6.45, 7) is 7.00. The first-order chi connectivity index (χ1) is 12.6. The predicted octanol–water partition coefficient (Wildman–Crippen LogP) is 2.38. The molecule has 3 heterocycles. The van der Waals surface area contributed by atoms with Crippen LogP contribution in [0.1, 0.15) is 21.9 Å². The van der Waals surface area contributed by atoms with Crippen molar-refractivity contribution in [2.24, 2.45) is 0 Å². The van der Waals surface area contributed by atoms with Crippen molar-refractivity contribution in [3.05, 3.63) is 53.5 Å². The summed E-state index contributed by atoms with van der Waals surface area (Å²) >= 11 is 0. The van der Waals surface area contributed by atoms with Gasteiger partial charge < -0.3 is 9.80 Å². The second-order valence-corrected chi connectivity index (χ2v) is 6.59. The van der Waals surface area contributed by atoms with E-state index in [1.807, 2.05) is 55.1 Å². The predicted molar refractivity (Wildman–Crippen MR) is 100 cm³/mol. The lowest BCUT2D eigenvalue weighted by molar-refractivity contribution is 0.0741. The zero-order valence-corrected chi connectivity index (χ0v) is 15.0. The Morgan fingerprint density at radius 3 is 2.38 bits per heavy atom. The summed E-state index contributed by atoms with van der Waals surface area (Å²) in [7, 11) is 0. The average Bonchev–Trinajstić information content (AvgIpc) is 3.29. The van der Waals surface area contributed by atoms with Crippen molar-refractivity contribution in [1.29, 1.82) is 0 Å². The summed E-state index contributed by atoms with van der Waals surface area (Å²) < 4.78 is 0. The molecule has 1 aromatic carbocycles. The number of amides is 1. The molecule has 3 aromatic rings.